The zero-order chi connectivity index (χ0) is 20.7. The number of benzene rings is 1. The number of amides is 1. The second kappa shape index (κ2) is 11.6. The van der Waals surface area contributed by atoms with Gasteiger partial charge >= 0.3 is 6.09 Å². The SMILES string of the molecule is CCOC(=O)N1CCN(C(=NC)NCc2ccccc2S(=O)(=O)N(C)C)CC1.I. The summed E-state index contributed by atoms with van der Waals surface area (Å²) < 4.78 is 31.3. The van der Waals surface area contributed by atoms with Crippen LogP contribution in [0.1, 0.15) is 12.5 Å². The Bertz CT molecular complexity index is 808. The van der Waals surface area contributed by atoms with Gasteiger partial charge in [-0.15, -0.1) is 24.0 Å². The summed E-state index contributed by atoms with van der Waals surface area (Å²) in [6, 6.07) is 6.92. The molecule has 1 aromatic carbocycles. The first-order chi connectivity index (χ1) is 13.3. The van der Waals surface area contributed by atoms with E-state index in [1.807, 2.05) is 11.0 Å². The van der Waals surface area contributed by atoms with Crippen LogP contribution in [-0.2, 0) is 21.3 Å². The summed E-state index contributed by atoms with van der Waals surface area (Å²) in [5.41, 5.74) is 0.669. The van der Waals surface area contributed by atoms with Gasteiger partial charge in [-0.25, -0.2) is 17.5 Å². The van der Waals surface area contributed by atoms with Crippen molar-refractivity contribution < 1.29 is 17.9 Å². The normalized spacial score (nSPS) is 15.1. The van der Waals surface area contributed by atoms with Crippen molar-refractivity contribution in [3.8, 4) is 0 Å². The van der Waals surface area contributed by atoms with Crippen LogP contribution in [0.2, 0.25) is 0 Å². The van der Waals surface area contributed by atoms with Crippen LogP contribution in [0.25, 0.3) is 0 Å². The lowest BCUT2D eigenvalue weighted by Crippen LogP contribution is -2.53. The van der Waals surface area contributed by atoms with Crippen molar-refractivity contribution in [1.29, 1.82) is 0 Å². The molecule has 1 fully saturated rings. The van der Waals surface area contributed by atoms with Crippen molar-refractivity contribution >= 4 is 46.1 Å². The van der Waals surface area contributed by atoms with Crippen LogP contribution in [-0.4, -0.2) is 88.5 Å². The van der Waals surface area contributed by atoms with Crippen LogP contribution in [0.5, 0.6) is 0 Å². The third kappa shape index (κ3) is 6.44. The summed E-state index contributed by atoms with van der Waals surface area (Å²) in [5.74, 6) is 0.667. The van der Waals surface area contributed by atoms with Crippen LogP contribution in [0.4, 0.5) is 4.79 Å². The number of halogens is 1. The minimum atomic E-state index is -3.53. The highest BCUT2D eigenvalue weighted by Gasteiger charge is 2.24. The number of carbonyl (C=O) groups is 1. The van der Waals surface area contributed by atoms with Crippen molar-refractivity contribution in [3.05, 3.63) is 29.8 Å². The van der Waals surface area contributed by atoms with Crippen molar-refractivity contribution in [2.75, 3.05) is 53.9 Å². The molecule has 0 spiro atoms. The van der Waals surface area contributed by atoms with E-state index < -0.39 is 10.0 Å². The molecular formula is C18H30IN5O4S. The Labute approximate surface area is 190 Å². The number of hydrogen-bond acceptors (Lipinski definition) is 5. The number of aliphatic imine (C=N–C) groups is 1. The lowest BCUT2D eigenvalue weighted by Gasteiger charge is -2.35. The summed E-state index contributed by atoms with van der Waals surface area (Å²) in [4.78, 5) is 20.1. The van der Waals surface area contributed by atoms with Gasteiger partial charge in [0.1, 0.15) is 0 Å². The first-order valence-corrected chi connectivity index (χ1v) is 10.6. The van der Waals surface area contributed by atoms with Crippen molar-refractivity contribution in [3.63, 3.8) is 0 Å². The van der Waals surface area contributed by atoms with Gasteiger partial charge < -0.3 is 19.9 Å². The number of guanidine groups is 1. The van der Waals surface area contributed by atoms with Crippen LogP contribution in [0.3, 0.4) is 0 Å². The molecule has 1 N–H and O–H groups in total. The van der Waals surface area contributed by atoms with Gasteiger partial charge in [0.05, 0.1) is 11.5 Å². The molecule has 1 aliphatic heterocycles. The van der Waals surface area contributed by atoms with E-state index in [0.717, 1.165) is 0 Å². The average molecular weight is 539 g/mol. The predicted molar refractivity (Wildman–Crippen MR) is 123 cm³/mol. The first kappa shape index (κ1) is 25.4. The van der Waals surface area contributed by atoms with E-state index in [4.69, 9.17) is 4.74 Å². The highest BCUT2D eigenvalue weighted by molar-refractivity contribution is 14.0. The van der Waals surface area contributed by atoms with Gasteiger partial charge in [-0.2, -0.15) is 0 Å². The molecule has 1 aliphatic rings. The molecule has 0 saturated carbocycles. The fraction of sp³-hybridized carbons (Fsp3) is 0.556. The molecule has 0 aliphatic carbocycles. The summed E-state index contributed by atoms with van der Waals surface area (Å²) in [6.45, 7) is 4.81. The van der Waals surface area contributed by atoms with E-state index in [2.05, 4.69) is 10.3 Å². The smallest absolute Gasteiger partial charge is 0.409 e. The number of ether oxygens (including phenoxy) is 1. The Balaban J connectivity index is 0.00000420. The van der Waals surface area contributed by atoms with E-state index in [-0.39, 0.29) is 35.0 Å². The van der Waals surface area contributed by atoms with Gasteiger partial charge in [0.25, 0.3) is 0 Å². The number of nitrogens with one attached hydrogen (secondary N) is 1. The minimum absolute atomic E-state index is 0. The fourth-order valence-corrected chi connectivity index (χ4v) is 4.04. The molecule has 9 nitrogen and oxygen atoms in total. The highest BCUT2D eigenvalue weighted by atomic mass is 127. The topological polar surface area (TPSA) is 94.5 Å². The second-order valence-corrected chi connectivity index (χ2v) is 8.59. The maximum absolute atomic E-state index is 12.5. The number of sulfonamides is 1. The van der Waals surface area contributed by atoms with E-state index in [9.17, 15) is 13.2 Å². The van der Waals surface area contributed by atoms with Gasteiger partial charge in [0.2, 0.25) is 10.0 Å². The van der Waals surface area contributed by atoms with E-state index in [1.54, 1.807) is 37.1 Å². The molecule has 11 heteroatoms. The van der Waals surface area contributed by atoms with Crippen LogP contribution in [0.15, 0.2) is 34.2 Å². The molecule has 0 bridgehead atoms. The van der Waals surface area contributed by atoms with Crippen molar-refractivity contribution in [2.45, 2.75) is 18.4 Å². The van der Waals surface area contributed by atoms with E-state index >= 15 is 0 Å². The van der Waals surface area contributed by atoms with Crippen LogP contribution in [0, 0.1) is 0 Å². The highest BCUT2D eigenvalue weighted by Crippen LogP contribution is 2.18. The Morgan fingerprint density at radius 1 is 1.17 bits per heavy atom. The van der Waals surface area contributed by atoms with Crippen LogP contribution >= 0.6 is 24.0 Å². The van der Waals surface area contributed by atoms with E-state index in [0.29, 0.717) is 50.9 Å². The molecule has 2 rings (SSSR count). The number of carbonyl (C=O) groups excluding carboxylic acids is 1. The monoisotopic (exact) mass is 539 g/mol. The van der Waals surface area contributed by atoms with Gasteiger partial charge in [0.15, 0.2) is 5.96 Å². The summed E-state index contributed by atoms with van der Waals surface area (Å²) in [7, 11) is 1.19. The Kier molecular flexibility index (Phi) is 10.1. The zero-order valence-electron chi connectivity index (χ0n) is 17.3. The zero-order valence-corrected chi connectivity index (χ0v) is 20.4. The molecular weight excluding hydrogens is 509 g/mol. The molecule has 0 unspecified atom stereocenters. The van der Waals surface area contributed by atoms with Gasteiger partial charge in [-0.1, -0.05) is 18.2 Å². The minimum Gasteiger partial charge on any atom is -0.450 e. The summed E-state index contributed by atoms with van der Waals surface area (Å²) in [5, 5.41) is 3.23. The van der Waals surface area contributed by atoms with Gasteiger partial charge in [0, 0.05) is 53.9 Å². The maximum atomic E-state index is 12.5. The molecule has 29 heavy (non-hydrogen) atoms. The maximum Gasteiger partial charge on any atom is 0.409 e. The van der Waals surface area contributed by atoms with Gasteiger partial charge in [-0.05, 0) is 18.6 Å². The summed E-state index contributed by atoms with van der Waals surface area (Å²) >= 11 is 0. The fourth-order valence-electron chi connectivity index (χ4n) is 2.92. The average Bonchev–Trinajstić information content (AvgIpc) is 2.69. The first-order valence-electron chi connectivity index (χ1n) is 9.19. The van der Waals surface area contributed by atoms with Gasteiger partial charge in [-0.3, -0.25) is 4.99 Å². The van der Waals surface area contributed by atoms with Crippen molar-refractivity contribution in [2.24, 2.45) is 4.99 Å². The molecule has 1 saturated heterocycles. The van der Waals surface area contributed by atoms with Crippen LogP contribution < -0.4 is 5.32 Å². The molecule has 1 aromatic rings. The Morgan fingerprint density at radius 2 is 1.76 bits per heavy atom. The lowest BCUT2D eigenvalue weighted by molar-refractivity contribution is 0.0914. The molecule has 0 aromatic heterocycles. The molecule has 1 amide bonds. The predicted octanol–water partition coefficient (Wildman–Crippen LogP) is 1.40. The Morgan fingerprint density at radius 3 is 2.31 bits per heavy atom. The van der Waals surface area contributed by atoms with Crippen molar-refractivity contribution in [1.82, 2.24) is 19.4 Å². The molecule has 164 valence electrons. The third-order valence-electron chi connectivity index (χ3n) is 4.49. The number of hydrogen-bond donors (Lipinski definition) is 1. The molecule has 0 radical (unpaired) electrons. The molecule has 1 heterocycles. The van der Waals surface area contributed by atoms with E-state index in [1.165, 1.54) is 18.4 Å². The Hall–Kier alpha value is -1.60. The third-order valence-corrected chi connectivity index (χ3v) is 6.40. The lowest BCUT2D eigenvalue weighted by atomic mass is 10.2. The number of rotatable bonds is 5. The summed E-state index contributed by atoms with van der Waals surface area (Å²) in [6.07, 6.45) is -0.298. The standard InChI is InChI=1S/C18H29N5O4S.HI/c1-5-27-18(24)23-12-10-22(11-13-23)17(19-2)20-14-15-8-6-7-9-16(15)28(25,26)21(3)4;/h6-9H,5,10-14H2,1-4H3,(H,19,20);1H. The number of piperazine rings is 1. The molecule has 0 atom stereocenters. The number of nitrogens with zero attached hydrogens (tertiary/aromatic N) is 4. The second-order valence-electron chi connectivity index (χ2n) is 6.47. The largest absolute Gasteiger partial charge is 0.450 e. The quantitative estimate of drug-likeness (QED) is 0.346.